The molecule has 0 aromatic carbocycles. The number of piperidine rings is 1. The van der Waals surface area contributed by atoms with Gasteiger partial charge in [0.15, 0.2) is 5.13 Å². The van der Waals surface area contributed by atoms with Crippen LogP contribution in [0.15, 0.2) is 29.1 Å². The van der Waals surface area contributed by atoms with Crippen LogP contribution in [0.25, 0.3) is 10.6 Å². The molecule has 0 radical (unpaired) electrons. The van der Waals surface area contributed by atoms with Gasteiger partial charge in [0, 0.05) is 36.0 Å². The zero-order valence-electron chi connectivity index (χ0n) is 18.5. The second-order valence-electron chi connectivity index (χ2n) is 7.71. The van der Waals surface area contributed by atoms with E-state index in [9.17, 15) is 14.4 Å². The standard InChI is InChI=1S/C22H21Cl2N5O4S2/c1-33-18(30)9-26-20(31)12-2-4-29(5-3-12)19-15(24)6-13(8-25-19)21(32)28-22-27-16(11-35-22)17-7-14(23)10-34-17/h6-8,10-12H,2-5,9H2,1H3,(H,26,31)(H,27,28,32). The SMILES string of the molecule is COC(=O)CNC(=O)C1CCN(c2ncc(C(=O)Nc3nc(-c4cc(Cl)cs4)cs3)cc2Cl)CC1. The number of carbonyl (C=O) groups excluding carboxylic acids is 3. The lowest BCUT2D eigenvalue weighted by Gasteiger charge is -2.32. The third-order valence-corrected chi connectivity index (χ3v) is 7.76. The Hall–Kier alpha value is -2.73. The lowest BCUT2D eigenvalue weighted by Crippen LogP contribution is -2.42. The number of hydrogen-bond acceptors (Lipinski definition) is 9. The van der Waals surface area contributed by atoms with Gasteiger partial charge in [0.2, 0.25) is 5.91 Å². The molecule has 1 saturated heterocycles. The van der Waals surface area contributed by atoms with E-state index in [0.29, 0.717) is 52.5 Å². The van der Waals surface area contributed by atoms with E-state index in [1.54, 1.807) is 6.07 Å². The number of anilines is 2. The number of thiophene rings is 1. The Labute approximate surface area is 219 Å². The van der Waals surface area contributed by atoms with Crippen LogP contribution >= 0.6 is 45.9 Å². The highest BCUT2D eigenvalue weighted by molar-refractivity contribution is 7.16. The fraction of sp³-hybridized carbons (Fsp3) is 0.318. The lowest BCUT2D eigenvalue weighted by molar-refractivity contribution is -0.141. The van der Waals surface area contributed by atoms with Gasteiger partial charge in [-0.25, -0.2) is 9.97 Å². The molecule has 3 aromatic heterocycles. The number of esters is 1. The maximum Gasteiger partial charge on any atom is 0.325 e. The summed E-state index contributed by atoms with van der Waals surface area (Å²) < 4.78 is 4.54. The fourth-order valence-corrected chi connectivity index (χ4v) is 5.68. The minimum Gasteiger partial charge on any atom is -0.468 e. The number of rotatable bonds is 7. The van der Waals surface area contributed by atoms with Crippen LogP contribution < -0.4 is 15.5 Å². The number of aromatic nitrogens is 2. The van der Waals surface area contributed by atoms with Crippen LogP contribution in [-0.2, 0) is 14.3 Å². The van der Waals surface area contributed by atoms with Gasteiger partial charge in [0.1, 0.15) is 12.4 Å². The van der Waals surface area contributed by atoms with E-state index >= 15 is 0 Å². The number of amides is 2. The van der Waals surface area contributed by atoms with Crippen molar-refractivity contribution >= 4 is 74.6 Å². The minimum absolute atomic E-state index is 0.142. The van der Waals surface area contributed by atoms with Crippen LogP contribution in [0.1, 0.15) is 23.2 Å². The average molecular weight is 554 g/mol. The van der Waals surface area contributed by atoms with E-state index in [0.717, 1.165) is 10.6 Å². The number of nitrogens with one attached hydrogen (secondary N) is 2. The number of hydrogen-bond donors (Lipinski definition) is 2. The van der Waals surface area contributed by atoms with Gasteiger partial charge in [-0.3, -0.25) is 19.7 Å². The molecule has 0 bridgehead atoms. The number of halogens is 2. The third-order valence-electron chi connectivity index (χ3n) is 5.43. The molecule has 13 heteroatoms. The van der Waals surface area contributed by atoms with E-state index in [2.05, 4.69) is 25.3 Å². The highest BCUT2D eigenvalue weighted by Gasteiger charge is 2.27. The van der Waals surface area contributed by atoms with Crippen molar-refractivity contribution in [3.8, 4) is 10.6 Å². The summed E-state index contributed by atoms with van der Waals surface area (Å²) in [5.41, 5.74) is 1.06. The van der Waals surface area contributed by atoms with Gasteiger partial charge in [-0.1, -0.05) is 23.2 Å². The maximum atomic E-state index is 12.7. The van der Waals surface area contributed by atoms with Gasteiger partial charge in [0.25, 0.3) is 5.91 Å². The van der Waals surface area contributed by atoms with Crippen molar-refractivity contribution in [1.29, 1.82) is 0 Å². The molecule has 1 aliphatic heterocycles. The van der Waals surface area contributed by atoms with E-state index in [1.807, 2.05) is 21.7 Å². The Morgan fingerprint density at radius 2 is 1.94 bits per heavy atom. The van der Waals surface area contributed by atoms with Gasteiger partial charge >= 0.3 is 5.97 Å². The molecule has 4 heterocycles. The number of nitrogens with zero attached hydrogens (tertiary/aromatic N) is 3. The van der Waals surface area contributed by atoms with Gasteiger partial charge in [-0.05, 0) is 25.0 Å². The van der Waals surface area contributed by atoms with Crippen molar-refractivity contribution in [1.82, 2.24) is 15.3 Å². The molecule has 9 nitrogen and oxygen atoms in total. The smallest absolute Gasteiger partial charge is 0.325 e. The molecule has 184 valence electrons. The summed E-state index contributed by atoms with van der Waals surface area (Å²) in [5.74, 6) is -0.667. The van der Waals surface area contributed by atoms with E-state index < -0.39 is 5.97 Å². The number of ether oxygens (including phenoxy) is 1. The molecule has 4 rings (SSSR count). The predicted octanol–water partition coefficient (Wildman–Crippen LogP) is 4.33. The van der Waals surface area contributed by atoms with Crippen LogP contribution in [0.3, 0.4) is 0 Å². The highest BCUT2D eigenvalue weighted by atomic mass is 35.5. The van der Waals surface area contributed by atoms with E-state index in [-0.39, 0.29) is 24.3 Å². The summed E-state index contributed by atoms with van der Waals surface area (Å²) in [6.07, 6.45) is 2.66. The average Bonchev–Trinajstić information content (AvgIpc) is 3.51. The number of methoxy groups -OCH3 is 1. The topological polar surface area (TPSA) is 114 Å². The number of thiazole rings is 1. The first-order chi connectivity index (χ1) is 16.8. The molecular formula is C22H21Cl2N5O4S2. The van der Waals surface area contributed by atoms with Crippen LogP contribution in [0, 0.1) is 5.92 Å². The molecule has 0 saturated carbocycles. The zero-order valence-corrected chi connectivity index (χ0v) is 21.7. The van der Waals surface area contributed by atoms with E-state index in [4.69, 9.17) is 23.2 Å². The fourth-order valence-electron chi connectivity index (χ4n) is 3.58. The van der Waals surface area contributed by atoms with Crippen molar-refractivity contribution in [3.63, 3.8) is 0 Å². The summed E-state index contributed by atoms with van der Waals surface area (Å²) in [6, 6.07) is 3.40. The predicted molar refractivity (Wildman–Crippen MR) is 138 cm³/mol. The first-order valence-corrected chi connectivity index (χ1v) is 13.1. The summed E-state index contributed by atoms with van der Waals surface area (Å²) in [7, 11) is 1.27. The summed E-state index contributed by atoms with van der Waals surface area (Å²) >= 11 is 15.2. The zero-order chi connectivity index (χ0) is 24.9. The first-order valence-electron chi connectivity index (χ1n) is 10.6. The maximum absolute atomic E-state index is 12.7. The highest BCUT2D eigenvalue weighted by Crippen LogP contribution is 2.32. The Bertz CT molecular complexity index is 1240. The monoisotopic (exact) mass is 553 g/mol. The van der Waals surface area contributed by atoms with Gasteiger partial charge in [0.05, 0.1) is 33.3 Å². The first kappa shape index (κ1) is 25.4. The normalized spacial score (nSPS) is 14.0. The van der Waals surface area contributed by atoms with Crippen molar-refractivity contribution < 1.29 is 19.1 Å². The van der Waals surface area contributed by atoms with Crippen molar-refractivity contribution in [2.24, 2.45) is 5.92 Å². The molecule has 1 aliphatic rings. The van der Waals surface area contributed by atoms with Crippen molar-refractivity contribution in [2.75, 3.05) is 37.0 Å². The second kappa shape index (κ2) is 11.3. The Balaban J connectivity index is 1.33. The quantitative estimate of drug-likeness (QED) is 0.418. The minimum atomic E-state index is -0.487. The Morgan fingerprint density at radius 1 is 1.17 bits per heavy atom. The number of pyridine rings is 1. The van der Waals surface area contributed by atoms with Gasteiger partial charge < -0.3 is 15.0 Å². The van der Waals surface area contributed by atoms with E-state index in [1.165, 1.54) is 36.0 Å². The van der Waals surface area contributed by atoms with Crippen molar-refractivity contribution in [2.45, 2.75) is 12.8 Å². The van der Waals surface area contributed by atoms with Crippen LogP contribution in [0.2, 0.25) is 10.0 Å². The molecule has 3 aromatic rings. The van der Waals surface area contributed by atoms with Crippen LogP contribution in [0.5, 0.6) is 0 Å². The third kappa shape index (κ3) is 6.29. The second-order valence-corrected chi connectivity index (χ2v) is 10.3. The van der Waals surface area contributed by atoms with Crippen molar-refractivity contribution in [3.05, 3.63) is 44.7 Å². The molecular weight excluding hydrogens is 533 g/mol. The summed E-state index contributed by atoms with van der Waals surface area (Å²) in [5, 5.41) is 10.5. The largest absolute Gasteiger partial charge is 0.468 e. The molecule has 1 fully saturated rings. The molecule has 2 amide bonds. The molecule has 2 N–H and O–H groups in total. The molecule has 0 aliphatic carbocycles. The number of carbonyl (C=O) groups is 3. The van der Waals surface area contributed by atoms with Crippen LogP contribution in [-0.4, -0.2) is 54.5 Å². The Morgan fingerprint density at radius 3 is 2.60 bits per heavy atom. The molecule has 35 heavy (non-hydrogen) atoms. The lowest BCUT2D eigenvalue weighted by atomic mass is 9.96. The van der Waals surface area contributed by atoms with Gasteiger partial charge in [-0.15, -0.1) is 22.7 Å². The summed E-state index contributed by atoms with van der Waals surface area (Å²) in [4.78, 5) is 47.9. The van der Waals surface area contributed by atoms with Crippen LogP contribution in [0.4, 0.5) is 10.9 Å². The Kier molecular flexibility index (Phi) is 8.22. The molecule has 0 atom stereocenters. The molecule has 0 spiro atoms. The molecule has 0 unspecified atom stereocenters. The van der Waals surface area contributed by atoms with Gasteiger partial charge in [-0.2, -0.15) is 0 Å². The summed E-state index contributed by atoms with van der Waals surface area (Å²) in [6.45, 7) is 1.00.